The van der Waals surface area contributed by atoms with Gasteiger partial charge in [0.05, 0.1) is 5.56 Å². The third kappa shape index (κ3) is 2.60. The molecule has 3 heteroatoms. The van der Waals surface area contributed by atoms with E-state index in [1.165, 1.54) is 19.3 Å². The molecule has 1 aliphatic rings. The van der Waals surface area contributed by atoms with Gasteiger partial charge in [-0.05, 0) is 42.9 Å². The van der Waals surface area contributed by atoms with Crippen molar-refractivity contribution >= 4 is 5.91 Å². The van der Waals surface area contributed by atoms with Gasteiger partial charge in [-0.3, -0.25) is 4.79 Å². The van der Waals surface area contributed by atoms with E-state index in [9.17, 15) is 9.90 Å². The van der Waals surface area contributed by atoms with Crippen molar-refractivity contribution in [2.75, 3.05) is 6.54 Å². The number of phenols is 1. The first kappa shape index (κ1) is 12.0. The standard InChI is InChI=1S/C14H19NO2/c1-10-4-5-11(12(16)8-10)13(17)15-9-14(2)6-3-7-14/h4-5,8,16H,3,6-7,9H2,1-2H3,(H,15,17). The Bertz CT molecular complexity index is 436. The number of rotatable bonds is 3. The summed E-state index contributed by atoms with van der Waals surface area (Å²) < 4.78 is 0. The molecule has 0 spiro atoms. The molecule has 0 aliphatic heterocycles. The zero-order chi connectivity index (χ0) is 12.5. The van der Waals surface area contributed by atoms with Crippen molar-refractivity contribution in [3.8, 4) is 5.75 Å². The van der Waals surface area contributed by atoms with E-state index in [2.05, 4.69) is 12.2 Å². The third-order valence-electron chi connectivity index (χ3n) is 3.63. The van der Waals surface area contributed by atoms with Crippen molar-refractivity contribution in [3.05, 3.63) is 29.3 Å². The molecule has 2 rings (SSSR count). The van der Waals surface area contributed by atoms with Crippen LogP contribution in [0.3, 0.4) is 0 Å². The highest BCUT2D eigenvalue weighted by molar-refractivity contribution is 5.96. The second-order valence-electron chi connectivity index (χ2n) is 5.37. The average molecular weight is 233 g/mol. The van der Waals surface area contributed by atoms with Crippen LogP contribution >= 0.6 is 0 Å². The number of phenolic OH excluding ortho intramolecular Hbond substituents is 1. The summed E-state index contributed by atoms with van der Waals surface area (Å²) in [6.07, 6.45) is 3.60. The molecule has 1 amide bonds. The second-order valence-corrected chi connectivity index (χ2v) is 5.37. The number of benzene rings is 1. The quantitative estimate of drug-likeness (QED) is 0.843. The number of hydrogen-bond donors (Lipinski definition) is 2. The van der Waals surface area contributed by atoms with Crippen LogP contribution < -0.4 is 5.32 Å². The molecular weight excluding hydrogens is 214 g/mol. The summed E-state index contributed by atoms with van der Waals surface area (Å²) in [5.74, 6) is -0.128. The van der Waals surface area contributed by atoms with Crippen LogP contribution in [0.5, 0.6) is 5.75 Å². The summed E-state index contributed by atoms with van der Waals surface area (Å²) in [6, 6.07) is 5.11. The number of nitrogens with one attached hydrogen (secondary N) is 1. The molecule has 1 aromatic carbocycles. The maximum Gasteiger partial charge on any atom is 0.255 e. The molecule has 0 heterocycles. The minimum Gasteiger partial charge on any atom is -0.507 e. The Labute approximate surface area is 102 Å². The fourth-order valence-corrected chi connectivity index (χ4v) is 2.18. The summed E-state index contributed by atoms with van der Waals surface area (Å²) >= 11 is 0. The van der Waals surface area contributed by atoms with Crippen molar-refractivity contribution < 1.29 is 9.90 Å². The molecule has 17 heavy (non-hydrogen) atoms. The fourth-order valence-electron chi connectivity index (χ4n) is 2.18. The number of carbonyl (C=O) groups excluding carboxylic acids is 1. The van der Waals surface area contributed by atoms with Crippen LogP contribution in [0.25, 0.3) is 0 Å². The van der Waals surface area contributed by atoms with E-state index >= 15 is 0 Å². The van der Waals surface area contributed by atoms with Crippen LogP contribution in [0, 0.1) is 12.3 Å². The van der Waals surface area contributed by atoms with Gasteiger partial charge in [-0.1, -0.05) is 19.4 Å². The highest BCUT2D eigenvalue weighted by Gasteiger charge is 2.32. The lowest BCUT2D eigenvalue weighted by molar-refractivity contribution is 0.0888. The monoisotopic (exact) mass is 233 g/mol. The van der Waals surface area contributed by atoms with Crippen molar-refractivity contribution in [3.63, 3.8) is 0 Å². The predicted octanol–water partition coefficient (Wildman–Crippen LogP) is 2.62. The summed E-state index contributed by atoms with van der Waals surface area (Å²) in [6.45, 7) is 4.77. The Morgan fingerprint density at radius 3 is 2.71 bits per heavy atom. The number of hydrogen-bond acceptors (Lipinski definition) is 2. The second kappa shape index (κ2) is 4.40. The van der Waals surface area contributed by atoms with Gasteiger partial charge in [0, 0.05) is 6.54 Å². The number of carbonyl (C=O) groups is 1. The smallest absolute Gasteiger partial charge is 0.255 e. The van der Waals surface area contributed by atoms with Gasteiger partial charge in [-0.25, -0.2) is 0 Å². The Morgan fingerprint density at radius 2 is 2.18 bits per heavy atom. The normalized spacial score (nSPS) is 17.3. The van der Waals surface area contributed by atoms with E-state index in [-0.39, 0.29) is 17.1 Å². The van der Waals surface area contributed by atoms with Crippen LogP contribution in [0.1, 0.15) is 42.1 Å². The lowest BCUT2D eigenvalue weighted by atomic mass is 9.70. The van der Waals surface area contributed by atoms with Crippen molar-refractivity contribution in [2.24, 2.45) is 5.41 Å². The van der Waals surface area contributed by atoms with Gasteiger partial charge < -0.3 is 10.4 Å². The molecule has 2 N–H and O–H groups in total. The maximum absolute atomic E-state index is 11.9. The Kier molecular flexibility index (Phi) is 3.09. The van der Waals surface area contributed by atoms with E-state index in [4.69, 9.17) is 0 Å². The molecular formula is C14H19NO2. The van der Waals surface area contributed by atoms with Crippen LogP contribution in [0.4, 0.5) is 0 Å². The van der Waals surface area contributed by atoms with Crippen LogP contribution in [-0.4, -0.2) is 17.6 Å². The molecule has 1 aliphatic carbocycles. The molecule has 0 atom stereocenters. The lowest BCUT2D eigenvalue weighted by Crippen LogP contribution is -2.39. The molecule has 92 valence electrons. The molecule has 0 radical (unpaired) electrons. The summed E-state index contributed by atoms with van der Waals surface area (Å²) in [7, 11) is 0. The maximum atomic E-state index is 11.9. The molecule has 1 fully saturated rings. The van der Waals surface area contributed by atoms with Gasteiger partial charge in [0.15, 0.2) is 0 Å². The van der Waals surface area contributed by atoms with Gasteiger partial charge in [-0.2, -0.15) is 0 Å². The SMILES string of the molecule is Cc1ccc(C(=O)NCC2(C)CCC2)c(O)c1. The van der Waals surface area contributed by atoms with E-state index in [1.54, 1.807) is 12.1 Å². The molecule has 0 unspecified atom stereocenters. The van der Waals surface area contributed by atoms with Crippen molar-refractivity contribution in [2.45, 2.75) is 33.1 Å². The van der Waals surface area contributed by atoms with E-state index in [0.29, 0.717) is 12.1 Å². The van der Waals surface area contributed by atoms with Crippen LogP contribution in [-0.2, 0) is 0 Å². The third-order valence-corrected chi connectivity index (χ3v) is 3.63. The Morgan fingerprint density at radius 1 is 1.47 bits per heavy atom. The first-order valence-electron chi connectivity index (χ1n) is 6.08. The Balaban J connectivity index is 1.99. The van der Waals surface area contributed by atoms with Gasteiger partial charge >= 0.3 is 0 Å². The molecule has 1 aromatic rings. The topological polar surface area (TPSA) is 49.3 Å². The molecule has 1 saturated carbocycles. The zero-order valence-electron chi connectivity index (χ0n) is 10.4. The molecule has 3 nitrogen and oxygen atoms in total. The molecule has 0 saturated heterocycles. The summed E-state index contributed by atoms with van der Waals surface area (Å²) in [4.78, 5) is 11.9. The van der Waals surface area contributed by atoms with Gasteiger partial charge in [-0.15, -0.1) is 0 Å². The fraction of sp³-hybridized carbons (Fsp3) is 0.500. The largest absolute Gasteiger partial charge is 0.507 e. The number of aryl methyl sites for hydroxylation is 1. The van der Waals surface area contributed by atoms with E-state index in [1.807, 2.05) is 13.0 Å². The zero-order valence-corrected chi connectivity index (χ0v) is 10.4. The van der Waals surface area contributed by atoms with Crippen molar-refractivity contribution in [1.82, 2.24) is 5.32 Å². The first-order chi connectivity index (χ1) is 8.00. The van der Waals surface area contributed by atoms with Crippen molar-refractivity contribution in [1.29, 1.82) is 0 Å². The predicted molar refractivity (Wildman–Crippen MR) is 67.1 cm³/mol. The van der Waals surface area contributed by atoms with Gasteiger partial charge in [0.1, 0.15) is 5.75 Å². The average Bonchev–Trinajstić information content (AvgIpc) is 2.23. The van der Waals surface area contributed by atoms with Gasteiger partial charge in [0.2, 0.25) is 0 Å². The van der Waals surface area contributed by atoms with Crippen LogP contribution in [0.2, 0.25) is 0 Å². The minimum atomic E-state index is -0.185. The van der Waals surface area contributed by atoms with Gasteiger partial charge in [0.25, 0.3) is 5.91 Å². The molecule has 0 bridgehead atoms. The van der Waals surface area contributed by atoms with Crippen LogP contribution in [0.15, 0.2) is 18.2 Å². The highest BCUT2D eigenvalue weighted by atomic mass is 16.3. The number of amides is 1. The van der Waals surface area contributed by atoms with E-state index < -0.39 is 0 Å². The first-order valence-corrected chi connectivity index (χ1v) is 6.08. The summed E-state index contributed by atoms with van der Waals surface area (Å²) in [5, 5.41) is 12.6. The molecule has 0 aromatic heterocycles. The summed E-state index contributed by atoms with van der Waals surface area (Å²) in [5.41, 5.74) is 1.57. The van der Waals surface area contributed by atoms with E-state index in [0.717, 1.165) is 5.56 Å². The minimum absolute atomic E-state index is 0.0567. The lowest BCUT2D eigenvalue weighted by Gasteiger charge is -2.38. The highest BCUT2D eigenvalue weighted by Crippen LogP contribution is 2.39. The number of aromatic hydroxyl groups is 1. The Hall–Kier alpha value is -1.51.